The molecule has 1 aromatic rings. The van der Waals surface area contributed by atoms with E-state index in [0.717, 1.165) is 0 Å². The highest BCUT2D eigenvalue weighted by Gasteiger charge is 2.57. The van der Waals surface area contributed by atoms with Gasteiger partial charge in [-0.15, -0.1) is 0 Å². The van der Waals surface area contributed by atoms with Crippen molar-refractivity contribution in [2.75, 3.05) is 7.11 Å². The number of rotatable bonds is 2. The maximum absolute atomic E-state index is 13.1. The Bertz CT molecular complexity index is 759. The molecule has 2 atom stereocenters. The Morgan fingerprint density at radius 2 is 1.42 bits per heavy atom. The number of benzene rings is 1. The summed E-state index contributed by atoms with van der Waals surface area (Å²) < 4.78 is 120. The smallest absolute Gasteiger partial charge is 0.371 e. The molecular weight excluding hydrogens is 387 g/mol. The molecule has 2 rings (SSSR count). The van der Waals surface area contributed by atoms with Crippen LogP contribution in [0.1, 0.15) is 31.8 Å². The SMILES string of the molecule is COC(C1C(=O)c2cc(C(F)(F)F)cc(C(F)(F)F)c2C1=O)C(F)(F)F. The van der Waals surface area contributed by atoms with E-state index < -0.39 is 70.4 Å². The van der Waals surface area contributed by atoms with Gasteiger partial charge in [-0.2, -0.15) is 39.5 Å². The zero-order valence-electron chi connectivity index (χ0n) is 12.4. The molecule has 26 heavy (non-hydrogen) atoms. The first-order valence-electron chi connectivity index (χ1n) is 6.61. The van der Waals surface area contributed by atoms with Crippen LogP contribution >= 0.6 is 0 Å². The lowest BCUT2D eigenvalue weighted by atomic mass is 9.95. The van der Waals surface area contributed by atoms with Crippen LogP contribution < -0.4 is 0 Å². The van der Waals surface area contributed by atoms with Crippen molar-refractivity contribution in [2.45, 2.75) is 24.6 Å². The summed E-state index contributed by atoms with van der Waals surface area (Å²) in [5.74, 6) is -6.46. The molecule has 0 aliphatic heterocycles. The molecule has 2 unspecified atom stereocenters. The summed E-state index contributed by atoms with van der Waals surface area (Å²) in [6.45, 7) is 0. The second-order valence-corrected chi connectivity index (χ2v) is 5.35. The van der Waals surface area contributed by atoms with Gasteiger partial charge in [-0.05, 0) is 12.1 Å². The zero-order chi connectivity index (χ0) is 20.2. The fourth-order valence-electron chi connectivity index (χ4n) is 2.66. The van der Waals surface area contributed by atoms with Gasteiger partial charge in [0.2, 0.25) is 0 Å². The molecule has 0 fully saturated rings. The Kier molecular flexibility index (Phi) is 4.63. The average molecular weight is 394 g/mol. The topological polar surface area (TPSA) is 43.4 Å². The minimum atomic E-state index is -5.50. The summed E-state index contributed by atoms with van der Waals surface area (Å²) in [5, 5.41) is 0. The van der Waals surface area contributed by atoms with Gasteiger partial charge < -0.3 is 4.74 Å². The van der Waals surface area contributed by atoms with Gasteiger partial charge in [-0.3, -0.25) is 9.59 Å². The zero-order valence-corrected chi connectivity index (χ0v) is 12.4. The highest BCUT2D eigenvalue weighted by molar-refractivity contribution is 6.27. The number of halogens is 9. The van der Waals surface area contributed by atoms with Crippen molar-refractivity contribution < 1.29 is 53.8 Å². The summed E-state index contributed by atoms with van der Waals surface area (Å²) in [7, 11) is 0.466. The number of carbonyl (C=O) groups is 2. The molecule has 3 nitrogen and oxygen atoms in total. The lowest BCUT2D eigenvalue weighted by Gasteiger charge is -2.22. The molecule has 0 spiro atoms. The molecule has 144 valence electrons. The van der Waals surface area contributed by atoms with E-state index >= 15 is 0 Å². The second-order valence-electron chi connectivity index (χ2n) is 5.35. The second kappa shape index (κ2) is 5.96. The minimum Gasteiger partial charge on any atom is -0.371 e. The summed E-state index contributed by atoms with van der Waals surface area (Å²) in [4.78, 5) is 24.2. The van der Waals surface area contributed by atoms with Crippen LogP contribution in [0.3, 0.4) is 0 Å². The number of ether oxygens (including phenoxy) is 1. The molecule has 1 aromatic carbocycles. The van der Waals surface area contributed by atoms with E-state index in [9.17, 15) is 49.1 Å². The van der Waals surface area contributed by atoms with Crippen molar-refractivity contribution >= 4 is 11.6 Å². The van der Waals surface area contributed by atoms with E-state index in [4.69, 9.17) is 0 Å². The fraction of sp³-hybridized carbons (Fsp3) is 0.429. The third kappa shape index (κ3) is 3.29. The van der Waals surface area contributed by atoms with Gasteiger partial charge in [0.15, 0.2) is 17.7 Å². The lowest BCUT2D eigenvalue weighted by molar-refractivity contribution is -0.218. The summed E-state index contributed by atoms with van der Waals surface area (Å²) in [6.07, 6.45) is -19.2. The molecule has 0 heterocycles. The van der Waals surface area contributed by atoms with Crippen molar-refractivity contribution in [1.82, 2.24) is 0 Å². The van der Waals surface area contributed by atoms with Gasteiger partial charge in [-0.25, -0.2) is 0 Å². The lowest BCUT2D eigenvalue weighted by Crippen LogP contribution is -2.42. The Hall–Kier alpha value is -2.11. The first kappa shape index (κ1) is 20.2. The Labute approximate surface area is 138 Å². The molecule has 0 radical (unpaired) electrons. The maximum Gasteiger partial charge on any atom is 0.417 e. The van der Waals surface area contributed by atoms with Crippen molar-refractivity contribution in [3.05, 3.63) is 34.4 Å². The quantitative estimate of drug-likeness (QED) is 0.555. The maximum atomic E-state index is 13.1. The molecular formula is C14H7F9O3. The van der Waals surface area contributed by atoms with Crippen LogP contribution in [0.15, 0.2) is 12.1 Å². The van der Waals surface area contributed by atoms with Crippen LogP contribution in [0, 0.1) is 5.92 Å². The van der Waals surface area contributed by atoms with E-state index in [2.05, 4.69) is 4.74 Å². The molecule has 0 aromatic heterocycles. The summed E-state index contributed by atoms with van der Waals surface area (Å²) >= 11 is 0. The number of methoxy groups -OCH3 is 1. The highest BCUT2D eigenvalue weighted by atomic mass is 19.4. The van der Waals surface area contributed by atoms with E-state index in [1.165, 1.54) is 0 Å². The van der Waals surface area contributed by atoms with Crippen molar-refractivity contribution in [2.24, 2.45) is 5.92 Å². The number of fused-ring (bicyclic) bond motifs is 1. The van der Waals surface area contributed by atoms with Crippen molar-refractivity contribution in [3.63, 3.8) is 0 Å². The normalized spacial score (nSPS) is 19.7. The molecule has 1 aliphatic rings. The van der Waals surface area contributed by atoms with Crippen LogP contribution in [0.25, 0.3) is 0 Å². The molecule has 0 bridgehead atoms. The first-order valence-corrected chi connectivity index (χ1v) is 6.61. The molecule has 0 N–H and O–H groups in total. The fourth-order valence-corrected chi connectivity index (χ4v) is 2.66. The van der Waals surface area contributed by atoms with Gasteiger partial charge in [-0.1, -0.05) is 0 Å². The van der Waals surface area contributed by atoms with Crippen LogP contribution in [0.4, 0.5) is 39.5 Å². The van der Waals surface area contributed by atoms with Gasteiger partial charge in [0.1, 0.15) is 5.92 Å². The third-order valence-corrected chi connectivity index (χ3v) is 3.73. The van der Waals surface area contributed by atoms with Crippen LogP contribution in [-0.2, 0) is 17.1 Å². The predicted molar refractivity (Wildman–Crippen MR) is 65.4 cm³/mol. The van der Waals surface area contributed by atoms with Gasteiger partial charge >= 0.3 is 18.5 Å². The number of hydrogen-bond acceptors (Lipinski definition) is 3. The summed E-state index contributed by atoms with van der Waals surface area (Å²) in [6, 6.07) is -0.476. The number of carbonyl (C=O) groups excluding carboxylic acids is 2. The standard InChI is InChI=1S/C14H7F9O3/c1-26-11(14(21,22)23)8-9(24)5-2-4(12(15,16)17)3-6(13(18,19)20)7(5)10(8)25/h2-3,8,11H,1H3. The van der Waals surface area contributed by atoms with Crippen LogP contribution in [-0.4, -0.2) is 31.0 Å². The van der Waals surface area contributed by atoms with Gasteiger partial charge in [0.05, 0.1) is 11.1 Å². The monoisotopic (exact) mass is 394 g/mol. The number of hydrogen-bond donors (Lipinski definition) is 0. The molecule has 0 saturated heterocycles. The van der Waals surface area contributed by atoms with Crippen LogP contribution in [0.5, 0.6) is 0 Å². The van der Waals surface area contributed by atoms with Crippen molar-refractivity contribution in [3.8, 4) is 0 Å². The van der Waals surface area contributed by atoms with E-state index in [1.807, 2.05) is 0 Å². The Morgan fingerprint density at radius 3 is 1.81 bits per heavy atom. The molecule has 0 saturated carbocycles. The van der Waals surface area contributed by atoms with Gasteiger partial charge in [0.25, 0.3) is 0 Å². The van der Waals surface area contributed by atoms with Gasteiger partial charge in [0, 0.05) is 18.2 Å². The number of alkyl halides is 9. The predicted octanol–water partition coefficient (Wildman–Crippen LogP) is 4.30. The molecule has 1 aliphatic carbocycles. The van der Waals surface area contributed by atoms with Crippen LogP contribution in [0.2, 0.25) is 0 Å². The van der Waals surface area contributed by atoms with E-state index in [1.54, 1.807) is 0 Å². The largest absolute Gasteiger partial charge is 0.417 e. The molecule has 12 heteroatoms. The first-order chi connectivity index (χ1) is 11.6. The third-order valence-electron chi connectivity index (χ3n) is 3.73. The Morgan fingerprint density at radius 1 is 0.885 bits per heavy atom. The van der Waals surface area contributed by atoms with E-state index in [-0.39, 0.29) is 6.07 Å². The Balaban J connectivity index is 2.75. The van der Waals surface area contributed by atoms with E-state index in [0.29, 0.717) is 7.11 Å². The molecule has 0 amide bonds. The summed E-state index contributed by atoms with van der Waals surface area (Å²) in [5.41, 5.74) is -6.92. The average Bonchev–Trinajstić information content (AvgIpc) is 2.69. The minimum absolute atomic E-state index is 0.0616. The van der Waals surface area contributed by atoms with Crippen molar-refractivity contribution in [1.29, 1.82) is 0 Å². The highest BCUT2D eigenvalue weighted by Crippen LogP contribution is 2.45. The number of ketones is 2. The number of Topliss-reactive ketones (excluding diaryl/α,β-unsaturated/α-hetero) is 2.